The summed E-state index contributed by atoms with van der Waals surface area (Å²) >= 11 is 3.42. The summed E-state index contributed by atoms with van der Waals surface area (Å²) in [5.41, 5.74) is 3.19. The van der Waals surface area contributed by atoms with E-state index < -0.39 is 0 Å². The van der Waals surface area contributed by atoms with Crippen molar-refractivity contribution in [3.8, 4) is 0 Å². The summed E-state index contributed by atoms with van der Waals surface area (Å²) in [4.78, 5) is 16.8. The minimum absolute atomic E-state index is 0.146. The second-order valence-electron chi connectivity index (χ2n) is 4.86. The highest BCUT2D eigenvalue weighted by Crippen LogP contribution is 2.23. The number of hydrogen-bond acceptors (Lipinski definition) is 2. The molecule has 0 saturated carbocycles. The van der Waals surface area contributed by atoms with Crippen LogP contribution in [0.3, 0.4) is 0 Å². The van der Waals surface area contributed by atoms with Gasteiger partial charge in [-0.05, 0) is 53.2 Å². The fourth-order valence-corrected chi connectivity index (χ4v) is 2.60. The minimum atomic E-state index is -0.146. The van der Waals surface area contributed by atoms with Crippen molar-refractivity contribution in [1.29, 1.82) is 0 Å². The van der Waals surface area contributed by atoms with Gasteiger partial charge in [-0.2, -0.15) is 0 Å². The number of halogens is 1. The van der Waals surface area contributed by atoms with Crippen LogP contribution in [0, 0.1) is 6.92 Å². The maximum absolute atomic E-state index is 12.3. The third kappa shape index (κ3) is 2.56. The minimum Gasteiger partial charge on any atom is -0.331 e. The number of carbonyl (C=O) groups excluding carboxylic acids is 1. The van der Waals surface area contributed by atoms with E-state index in [4.69, 9.17) is 0 Å². The average Bonchev–Trinajstić information content (AvgIpc) is 2.76. The van der Waals surface area contributed by atoms with E-state index in [9.17, 15) is 4.79 Å². The largest absolute Gasteiger partial charge is 0.331 e. The Bertz CT molecular complexity index is 839. The highest BCUT2D eigenvalue weighted by molar-refractivity contribution is 9.10. The number of rotatable bonds is 2. The standard InChI is InChI=1S/C16H14BrN3O/c1-10-18-14-9-11(7-8-15(14)20(10)2)16(21)19-13-6-4-3-5-12(13)17/h3-9H,1-2H3,(H,19,21). The van der Waals surface area contributed by atoms with Crippen molar-refractivity contribution in [2.24, 2.45) is 7.05 Å². The number of carbonyl (C=O) groups is 1. The van der Waals surface area contributed by atoms with Gasteiger partial charge in [0.1, 0.15) is 5.82 Å². The van der Waals surface area contributed by atoms with Gasteiger partial charge in [0.15, 0.2) is 0 Å². The van der Waals surface area contributed by atoms with Gasteiger partial charge in [-0.25, -0.2) is 4.98 Å². The van der Waals surface area contributed by atoms with Crippen LogP contribution in [0.15, 0.2) is 46.9 Å². The normalized spacial score (nSPS) is 10.8. The summed E-state index contributed by atoms with van der Waals surface area (Å²) in [5.74, 6) is 0.778. The van der Waals surface area contributed by atoms with Crippen LogP contribution in [-0.2, 0) is 7.05 Å². The molecule has 2 aromatic carbocycles. The zero-order valence-corrected chi connectivity index (χ0v) is 13.3. The molecule has 0 bridgehead atoms. The van der Waals surface area contributed by atoms with Crippen LogP contribution in [0.25, 0.3) is 11.0 Å². The van der Waals surface area contributed by atoms with Crippen molar-refractivity contribution in [2.75, 3.05) is 5.32 Å². The molecular formula is C16H14BrN3O. The van der Waals surface area contributed by atoms with Crippen molar-refractivity contribution in [1.82, 2.24) is 9.55 Å². The molecule has 5 heteroatoms. The van der Waals surface area contributed by atoms with E-state index in [2.05, 4.69) is 26.2 Å². The van der Waals surface area contributed by atoms with Crippen molar-refractivity contribution in [3.63, 3.8) is 0 Å². The third-order valence-electron chi connectivity index (χ3n) is 3.49. The van der Waals surface area contributed by atoms with Gasteiger partial charge in [-0.3, -0.25) is 4.79 Å². The van der Waals surface area contributed by atoms with Crippen LogP contribution in [0.5, 0.6) is 0 Å². The summed E-state index contributed by atoms with van der Waals surface area (Å²) in [7, 11) is 1.96. The van der Waals surface area contributed by atoms with E-state index in [1.165, 1.54) is 0 Å². The Morgan fingerprint density at radius 3 is 2.76 bits per heavy atom. The first kappa shape index (κ1) is 13.8. The molecule has 3 rings (SSSR count). The Morgan fingerprint density at radius 2 is 2.00 bits per heavy atom. The summed E-state index contributed by atoms with van der Waals surface area (Å²) in [6.45, 7) is 1.95. The zero-order valence-electron chi connectivity index (χ0n) is 11.7. The van der Waals surface area contributed by atoms with Crippen LogP contribution < -0.4 is 5.32 Å². The van der Waals surface area contributed by atoms with E-state index in [1.54, 1.807) is 0 Å². The summed E-state index contributed by atoms with van der Waals surface area (Å²) in [6, 6.07) is 13.1. The summed E-state index contributed by atoms with van der Waals surface area (Å²) in [5, 5.41) is 2.89. The van der Waals surface area contributed by atoms with E-state index in [0.29, 0.717) is 5.56 Å². The molecule has 106 valence electrons. The van der Waals surface area contributed by atoms with E-state index in [0.717, 1.165) is 27.0 Å². The van der Waals surface area contributed by atoms with Gasteiger partial charge in [0, 0.05) is 17.1 Å². The van der Waals surface area contributed by atoms with Crippen LogP contribution in [0.1, 0.15) is 16.2 Å². The second kappa shape index (κ2) is 5.33. The highest BCUT2D eigenvalue weighted by atomic mass is 79.9. The number of fused-ring (bicyclic) bond motifs is 1. The summed E-state index contributed by atoms with van der Waals surface area (Å²) in [6.07, 6.45) is 0. The molecule has 0 fully saturated rings. The lowest BCUT2D eigenvalue weighted by Gasteiger charge is -2.07. The number of anilines is 1. The molecule has 0 aliphatic heterocycles. The molecule has 0 aliphatic carbocycles. The molecule has 0 atom stereocenters. The molecule has 1 N–H and O–H groups in total. The average molecular weight is 344 g/mol. The first-order valence-corrected chi connectivity index (χ1v) is 7.34. The Kier molecular flexibility index (Phi) is 3.51. The first-order chi connectivity index (χ1) is 10.1. The lowest BCUT2D eigenvalue weighted by Crippen LogP contribution is -2.12. The quantitative estimate of drug-likeness (QED) is 0.767. The molecule has 4 nitrogen and oxygen atoms in total. The predicted molar refractivity (Wildman–Crippen MR) is 87.5 cm³/mol. The van der Waals surface area contributed by atoms with Crippen molar-refractivity contribution in [2.45, 2.75) is 6.92 Å². The molecular weight excluding hydrogens is 330 g/mol. The van der Waals surface area contributed by atoms with Crippen molar-refractivity contribution in [3.05, 3.63) is 58.3 Å². The molecule has 1 amide bonds. The number of benzene rings is 2. The zero-order chi connectivity index (χ0) is 15.0. The van der Waals surface area contributed by atoms with Gasteiger partial charge in [0.05, 0.1) is 16.7 Å². The molecule has 0 spiro atoms. The van der Waals surface area contributed by atoms with Crippen LogP contribution in [-0.4, -0.2) is 15.5 Å². The molecule has 1 aromatic heterocycles. The second-order valence-corrected chi connectivity index (χ2v) is 5.71. The molecule has 0 radical (unpaired) electrons. The number of aromatic nitrogens is 2. The van der Waals surface area contributed by atoms with Crippen molar-refractivity contribution >= 4 is 38.6 Å². The molecule has 0 saturated heterocycles. The fourth-order valence-electron chi connectivity index (χ4n) is 2.22. The van der Waals surface area contributed by atoms with E-state index in [1.807, 2.05) is 61.0 Å². The molecule has 1 heterocycles. The third-order valence-corrected chi connectivity index (χ3v) is 4.18. The number of amides is 1. The molecule has 3 aromatic rings. The lowest BCUT2D eigenvalue weighted by atomic mass is 10.2. The SMILES string of the molecule is Cc1nc2cc(C(=O)Nc3ccccc3Br)ccc2n1C. The summed E-state index contributed by atoms with van der Waals surface area (Å²) < 4.78 is 2.86. The molecule has 0 unspecified atom stereocenters. The maximum Gasteiger partial charge on any atom is 0.255 e. The van der Waals surface area contributed by atoms with Gasteiger partial charge >= 0.3 is 0 Å². The maximum atomic E-state index is 12.3. The smallest absolute Gasteiger partial charge is 0.255 e. The Balaban J connectivity index is 1.93. The van der Waals surface area contributed by atoms with Gasteiger partial charge in [0.2, 0.25) is 0 Å². The van der Waals surface area contributed by atoms with Gasteiger partial charge in [-0.1, -0.05) is 12.1 Å². The fraction of sp³-hybridized carbons (Fsp3) is 0.125. The monoisotopic (exact) mass is 343 g/mol. The molecule has 0 aliphatic rings. The molecule has 21 heavy (non-hydrogen) atoms. The highest BCUT2D eigenvalue weighted by Gasteiger charge is 2.11. The van der Waals surface area contributed by atoms with Crippen LogP contribution >= 0.6 is 15.9 Å². The Labute approximate surface area is 130 Å². The van der Waals surface area contributed by atoms with Gasteiger partial charge < -0.3 is 9.88 Å². The van der Waals surface area contributed by atoms with Crippen molar-refractivity contribution < 1.29 is 4.79 Å². The number of imidazole rings is 1. The lowest BCUT2D eigenvalue weighted by molar-refractivity contribution is 0.102. The predicted octanol–water partition coefficient (Wildman–Crippen LogP) is 3.90. The Hall–Kier alpha value is -2.14. The van der Waals surface area contributed by atoms with Gasteiger partial charge in [0.25, 0.3) is 5.91 Å². The number of nitrogens with zero attached hydrogens (tertiary/aromatic N) is 2. The van der Waals surface area contributed by atoms with Crippen LogP contribution in [0.4, 0.5) is 5.69 Å². The van der Waals surface area contributed by atoms with Crippen LogP contribution in [0.2, 0.25) is 0 Å². The Morgan fingerprint density at radius 1 is 1.24 bits per heavy atom. The number of hydrogen-bond donors (Lipinski definition) is 1. The van der Waals surface area contributed by atoms with Gasteiger partial charge in [-0.15, -0.1) is 0 Å². The number of para-hydroxylation sites is 1. The van der Waals surface area contributed by atoms with E-state index >= 15 is 0 Å². The number of aryl methyl sites for hydroxylation is 2. The number of nitrogens with one attached hydrogen (secondary N) is 1. The topological polar surface area (TPSA) is 46.9 Å². The van der Waals surface area contributed by atoms with E-state index in [-0.39, 0.29) is 5.91 Å². The first-order valence-electron chi connectivity index (χ1n) is 6.55.